The number of ether oxygens (including phenoxy) is 2. The van der Waals surface area contributed by atoms with Crippen molar-refractivity contribution in [2.45, 2.75) is 103 Å². The van der Waals surface area contributed by atoms with Crippen LogP contribution in [0.5, 0.6) is 11.5 Å². The number of benzene rings is 1. The summed E-state index contributed by atoms with van der Waals surface area (Å²) in [6, 6.07) is 7.81. The second-order valence-corrected chi connectivity index (χ2v) is 8.41. The molecule has 1 rings (SSSR count). The fraction of sp³-hybridized carbons (Fsp3) is 0.692. The SMILES string of the molecule is O=C(O)CCCCCCCCCOc1ccc(OCCCCCCCCCC(=O)O)cc1. The van der Waals surface area contributed by atoms with Gasteiger partial charge in [0.2, 0.25) is 0 Å². The van der Waals surface area contributed by atoms with Crippen LogP contribution in [0.25, 0.3) is 0 Å². The zero-order valence-electron chi connectivity index (χ0n) is 19.6. The molecule has 0 unspecified atom stereocenters. The van der Waals surface area contributed by atoms with Crippen molar-refractivity contribution in [1.82, 2.24) is 0 Å². The van der Waals surface area contributed by atoms with Crippen molar-refractivity contribution in [3.63, 3.8) is 0 Å². The fourth-order valence-electron chi connectivity index (χ4n) is 3.54. The Morgan fingerprint density at radius 1 is 0.500 bits per heavy atom. The Balaban J connectivity index is 1.92. The van der Waals surface area contributed by atoms with Crippen LogP contribution in [0.1, 0.15) is 103 Å². The van der Waals surface area contributed by atoms with Gasteiger partial charge in [-0.25, -0.2) is 0 Å². The maximum absolute atomic E-state index is 10.4. The highest BCUT2D eigenvalue weighted by atomic mass is 16.5. The van der Waals surface area contributed by atoms with Gasteiger partial charge in [-0.3, -0.25) is 9.59 Å². The predicted octanol–water partition coefficient (Wildman–Crippen LogP) is 6.86. The molecule has 0 heterocycles. The van der Waals surface area contributed by atoms with Crippen LogP contribution in [0.2, 0.25) is 0 Å². The molecule has 1 aromatic carbocycles. The van der Waals surface area contributed by atoms with Gasteiger partial charge in [0.05, 0.1) is 13.2 Å². The van der Waals surface area contributed by atoms with E-state index in [1.807, 2.05) is 24.3 Å². The Bertz CT molecular complexity index is 546. The highest BCUT2D eigenvalue weighted by molar-refractivity contribution is 5.66. The van der Waals surface area contributed by atoms with Crippen LogP contribution in [0.3, 0.4) is 0 Å². The van der Waals surface area contributed by atoms with Gasteiger partial charge in [-0.05, 0) is 49.9 Å². The molecule has 32 heavy (non-hydrogen) atoms. The van der Waals surface area contributed by atoms with Crippen LogP contribution >= 0.6 is 0 Å². The maximum Gasteiger partial charge on any atom is 0.303 e. The van der Waals surface area contributed by atoms with Crippen molar-refractivity contribution < 1.29 is 29.3 Å². The van der Waals surface area contributed by atoms with E-state index in [1.54, 1.807) is 0 Å². The second kappa shape index (κ2) is 19.4. The quantitative estimate of drug-likeness (QED) is 0.188. The number of unbranched alkanes of at least 4 members (excludes halogenated alkanes) is 12. The average molecular weight is 451 g/mol. The lowest BCUT2D eigenvalue weighted by atomic mass is 10.1. The van der Waals surface area contributed by atoms with Crippen molar-refractivity contribution in [2.24, 2.45) is 0 Å². The summed E-state index contributed by atoms with van der Waals surface area (Å²) in [5, 5.41) is 17.2. The fourth-order valence-corrected chi connectivity index (χ4v) is 3.54. The van der Waals surface area contributed by atoms with E-state index in [2.05, 4.69) is 0 Å². The minimum Gasteiger partial charge on any atom is -0.494 e. The van der Waals surface area contributed by atoms with E-state index in [1.165, 1.54) is 25.7 Å². The van der Waals surface area contributed by atoms with Crippen LogP contribution in [0.4, 0.5) is 0 Å². The Kier molecular flexibility index (Phi) is 16.9. The third-order valence-corrected chi connectivity index (χ3v) is 5.43. The van der Waals surface area contributed by atoms with Gasteiger partial charge in [-0.15, -0.1) is 0 Å². The van der Waals surface area contributed by atoms with E-state index in [0.717, 1.165) is 88.9 Å². The molecule has 0 aliphatic heterocycles. The molecule has 0 radical (unpaired) electrons. The summed E-state index contributed by atoms with van der Waals surface area (Å²) in [6.07, 6.45) is 15.4. The van der Waals surface area contributed by atoms with Crippen molar-refractivity contribution in [3.8, 4) is 11.5 Å². The Morgan fingerprint density at radius 2 is 0.781 bits per heavy atom. The Morgan fingerprint density at radius 3 is 1.09 bits per heavy atom. The number of hydrogen-bond donors (Lipinski definition) is 2. The van der Waals surface area contributed by atoms with Crippen LogP contribution < -0.4 is 9.47 Å². The molecule has 0 aliphatic carbocycles. The van der Waals surface area contributed by atoms with Gasteiger partial charge >= 0.3 is 11.9 Å². The molecule has 0 spiro atoms. The molecule has 2 N–H and O–H groups in total. The van der Waals surface area contributed by atoms with E-state index < -0.39 is 11.9 Å². The van der Waals surface area contributed by atoms with Crippen molar-refractivity contribution >= 4 is 11.9 Å². The van der Waals surface area contributed by atoms with E-state index in [9.17, 15) is 9.59 Å². The second-order valence-electron chi connectivity index (χ2n) is 8.41. The van der Waals surface area contributed by atoms with Crippen molar-refractivity contribution in [3.05, 3.63) is 24.3 Å². The molecule has 0 aromatic heterocycles. The largest absolute Gasteiger partial charge is 0.494 e. The summed E-state index contributed by atoms with van der Waals surface area (Å²) < 4.78 is 11.6. The third-order valence-electron chi connectivity index (χ3n) is 5.43. The molecular formula is C26H42O6. The zero-order chi connectivity index (χ0) is 23.3. The summed E-state index contributed by atoms with van der Waals surface area (Å²) in [6.45, 7) is 1.44. The predicted molar refractivity (Wildman–Crippen MR) is 127 cm³/mol. The first-order valence-electron chi connectivity index (χ1n) is 12.4. The van der Waals surface area contributed by atoms with E-state index >= 15 is 0 Å². The van der Waals surface area contributed by atoms with E-state index in [-0.39, 0.29) is 12.8 Å². The first kappa shape index (κ1) is 27.8. The highest BCUT2D eigenvalue weighted by Crippen LogP contribution is 2.19. The van der Waals surface area contributed by atoms with E-state index in [4.69, 9.17) is 19.7 Å². The Labute approximate surface area is 193 Å². The minimum atomic E-state index is -0.698. The first-order valence-corrected chi connectivity index (χ1v) is 12.4. The van der Waals surface area contributed by atoms with Crippen molar-refractivity contribution in [1.29, 1.82) is 0 Å². The maximum atomic E-state index is 10.4. The summed E-state index contributed by atoms with van der Waals surface area (Å²) in [5.74, 6) is 0.343. The molecule has 0 saturated carbocycles. The van der Waals surface area contributed by atoms with Gasteiger partial charge in [-0.1, -0.05) is 64.2 Å². The van der Waals surface area contributed by atoms with Gasteiger partial charge in [0, 0.05) is 12.8 Å². The van der Waals surface area contributed by atoms with Gasteiger partial charge in [0.15, 0.2) is 0 Å². The molecule has 0 fully saturated rings. The molecule has 0 bridgehead atoms. The molecular weight excluding hydrogens is 408 g/mol. The van der Waals surface area contributed by atoms with Gasteiger partial charge < -0.3 is 19.7 Å². The lowest BCUT2D eigenvalue weighted by molar-refractivity contribution is -0.138. The van der Waals surface area contributed by atoms with Crippen LogP contribution in [-0.2, 0) is 9.59 Å². The third kappa shape index (κ3) is 17.4. The first-order chi connectivity index (χ1) is 15.6. The molecule has 0 saturated heterocycles. The molecule has 0 atom stereocenters. The van der Waals surface area contributed by atoms with Crippen LogP contribution in [-0.4, -0.2) is 35.4 Å². The molecule has 6 nitrogen and oxygen atoms in total. The summed E-state index contributed by atoms with van der Waals surface area (Å²) in [5.41, 5.74) is 0. The monoisotopic (exact) mass is 450 g/mol. The summed E-state index contributed by atoms with van der Waals surface area (Å²) >= 11 is 0. The molecule has 1 aromatic rings. The van der Waals surface area contributed by atoms with Crippen LogP contribution in [0.15, 0.2) is 24.3 Å². The molecule has 0 aliphatic rings. The molecule has 182 valence electrons. The lowest BCUT2D eigenvalue weighted by Gasteiger charge is -2.09. The van der Waals surface area contributed by atoms with Gasteiger partial charge in [0.25, 0.3) is 0 Å². The lowest BCUT2D eigenvalue weighted by Crippen LogP contribution is -1.99. The van der Waals surface area contributed by atoms with Gasteiger partial charge in [-0.2, -0.15) is 0 Å². The van der Waals surface area contributed by atoms with Crippen molar-refractivity contribution in [2.75, 3.05) is 13.2 Å². The minimum absolute atomic E-state index is 0.288. The highest BCUT2D eigenvalue weighted by Gasteiger charge is 2.00. The summed E-state index contributed by atoms with van der Waals surface area (Å²) in [4.78, 5) is 20.9. The number of rotatable bonds is 22. The smallest absolute Gasteiger partial charge is 0.303 e. The molecule has 6 heteroatoms. The van der Waals surface area contributed by atoms with E-state index in [0.29, 0.717) is 0 Å². The molecule has 0 amide bonds. The normalized spacial score (nSPS) is 10.8. The topological polar surface area (TPSA) is 93.1 Å². The average Bonchev–Trinajstić information content (AvgIpc) is 2.77. The number of carboxylic acid groups (broad SMARTS) is 2. The number of aliphatic carboxylic acids is 2. The van der Waals surface area contributed by atoms with Crippen LogP contribution in [0, 0.1) is 0 Å². The number of hydrogen-bond acceptors (Lipinski definition) is 4. The zero-order valence-corrected chi connectivity index (χ0v) is 19.6. The summed E-state index contributed by atoms with van der Waals surface area (Å²) in [7, 11) is 0. The van der Waals surface area contributed by atoms with Gasteiger partial charge in [0.1, 0.15) is 11.5 Å². The standard InChI is InChI=1S/C26H42O6/c27-25(28)15-11-7-3-1-5-9-13-21-31-23-17-19-24(20-18-23)32-22-14-10-6-2-4-8-12-16-26(29)30/h17-20H,1-16,21-22H2,(H,27,28)(H,29,30). The number of carboxylic acids is 2. The number of carbonyl (C=O) groups is 2. The Hall–Kier alpha value is -2.24.